The monoisotopic (exact) mass is 474 g/mol. The van der Waals surface area contributed by atoms with E-state index in [1.54, 1.807) is 18.9 Å². The zero-order valence-electron chi connectivity index (χ0n) is 20.0. The summed E-state index contributed by atoms with van der Waals surface area (Å²) in [4.78, 5) is 22.8. The number of hydrogen-bond acceptors (Lipinski definition) is 4. The molecular weight excluding hydrogens is 440 g/mol. The van der Waals surface area contributed by atoms with Crippen molar-refractivity contribution in [2.75, 3.05) is 7.11 Å². The lowest BCUT2D eigenvalue weighted by molar-refractivity contribution is -0.134. The number of benzene rings is 2. The molecule has 5 heteroatoms. The molecule has 0 N–H and O–H groups in total. The van der Waals surface area contributed by atoms with Crippen LogP contribution >= 0.6 is 11.8 Å². The fraction of sp³-hybridized carbons (Fsp3) is 0.448. The van der Waals surface area contributed by atoms with Gasteiger partial charge in [0.15, 0.2) is 5.17 Å². The highest BCUT2D eigenvalue weighted by atomic mass is 32.2. The zero-order chi connectivity index (χ0) is 23.5. The van der Waals surface area contributed by atoms with E-state index in [0.29, 0.717) is 5.92 Å². The number of thioether (sulfide) groups is 1. The van der Waals surface area contributed by atoms with Gasteiger partial charge in [0.1, 0.15) is 5.75 Å². The van der Waals surface area contributed by atoms with Gasteiger partial charge in [-0.15, -0.1) is 0 Å². The first kappa shape index (κ1) is 23.2. The van der Waals surface area contributed by atoms with Crippen molar-refractivity contribution in [1.82, 2.24) is 4.90 Å². The quantitative estimate of drug-likeness (QED) is 0.452. The molecule has 178 valence electrons. The van der Waals surface area contributed by atoms with Gasteiger partial charge in [-0.25, -0.2) is 4.99 Å². The summed E-state index contributed by atoms with van der Waals surface area (Å²) in [6, 6.07) is 18.2. The van der Waals surface area contributed by atoms with Crippen molar-refractivity contribution in [3.05, 3.63) is 71.6 Å². The van der Waals surface area contributed by atoms with Crippen LogP contribution in [0.2, 0.25) is 0 Å². The molecule has 1 saturated heterocycles. The maximum atomic E-state index is 14.6. The number of nitrogens with zero attached hydrogens (tertiary/aromatic N) is 2. The molecule has 0 bridgehead atoms. The molecular formula is C29H34N2O2S. The van der Waals surface area contributed by atoms with E-state index in [1.807, 2.05) is 30.3 Å². The minimum absolute atomic E-state index is 0.135. The van der Waals surface area contributed by atoms with E-state index in [4.69, 9.17) is 9.73 Å². The Bertz CT molecular complexity index is 1070. The number of carbonyl (C=O) groups is 1. The fourth-order valence-corrected chi connectivity index (χ4v) is 7.29. The van der Waals surface area contributed by atoms with E-state index in [-0.39, 0.29) is 17.4 Å². The normalized spacial score (nSPS) is 22.4. The molecule has 1 amide bonds. The summed E-state index contributed by atoms with van der Waals surface area (Å²) in [6.07, 6.45) is 10.0. The Labute approximate surface area is 207 Å². The third-order valence-electron chi connectivity index (χ3n) is 7.83. The van der Waals surface area contributed by atoms with E-state index in [9.17, 15) is 4.79 Å². The Hall–Kier alpha value is -2.53. The summed E-state index contributed by atoms with van der Waals surface area (Å²) < 4.78 is 5.41. The smallest absolute Gasteiger partial charge is 0.237 e. The summed E-state index contributed by atoms with van der Waals surface area (Å²) >= 11 is 1.59. The number of rotatable bonds is 5. The van der Waals surface area contributed by atoms with Gasteiger partial charge in [0.2, 0.25) is 5.91 Å². The van der Waals surface area contributed by atoms with E-state index >= 15 is 0 Å². The van der Waals surface area contributed by atoms with Crippen molar-refractivity contribution >= 4 is 28.5 Å². The molecule has 2 aromatic rings. The Balaban J connectivity index is 1.60. The molecule has 1 spiro atoms. The SMILES string of the molecule is C=C1SC(=Nc2cccc(OC)c2)N(C(=O)C(c2ccccc2)C2CCCC2)C12CCCCC2. The lowest BCUT2D eigenvalue weighted by Crippen LogP contribution is -2.53. The molecule has 1 aliphatic heterocycles. The Morgan fingerprint density at radius 1 is 1.06 bits per heavy atom. The number of methoxy groups -OCH3 is 1. The Morgan fingerprint density at radius 3 is 2.50 bits per heavy atom. The maximum Gasteiger partial charge on any atom is 0.237 e. The molecule has 2 saturated carbocycles. The van der Waals surface area contributed by atoms with E-state index in [1.165, 1.54) is 19.3 Å². The van der Waals surface area contributed by atoms with Crippen molar-refractivity contribution < 1.29 is 9.53 Å². The van der Waals surface area contributed by atoms with Crippen LogP contribution in [0.25, 0.3) is 0 Å². The van der Waals surface area contributed by atoms with Gasteiger partial charge in [-0.05, 0) is 49.3 Å². The van der Waals surface area contributed by atoms with Gasteiger partial charge in [0.25, 0.3) is 0 Å². The molecule has 1 heterocycles. The van der Waals surface area contributed by atoms with E-state index < -0.39 is 0 Å². The highest BCUT2D eigenvalue weighted by Crippen LogP contribution is 2.53. The van der Waals surface area contributed by atoms with Crippen molar-refractivity contribution in [2.45, 2.75) is 69.2 Å². The first-order valence-electron chi connectivity index (χ1n) is 12.6. The van der Waals surface area contributed by atoms with Gasteiger partial charge in [-0.3, -0.25) is 9.69 Å². The first-order valence-corrected chi connectivity index (χ1v) is 13.4. The maximum absolute atomic E-state index is 14.6. The molecule has 5 rings (SSSR count). The number of amidine groups is 1. The van der Waals surface area contributed by atoms with Gasteiger partial charge in [0, 0.05) is 11.0 Å². The van der Waals surface area contributed by atoms with Crippen molar-refractivity contribution in [3.8, 4) is 5.75 Å². The Kier molecular flexibility index (Phi) is 6.82. The highest BCUT2D eigenvalue weighted by Gasteiger charge is 2.53. The van der Waals surface area contributed by atoms with Crippen molar-refractivity contribution in [1.29, 1.82) is 0 Å². The molecule has 4 nitrogen and oxygen atoms in total. The molecule has 2 aromatic carbocycles. The second-order valence-electron chi connectivity index (χ2n) is 9.82. The predicted molar refractivity (Wildman–Crippen MR) is 141 cm³/mol. The number of hydrogen-bond donors (Lipinski definition) is 0. The molecule has 3 aliphatic rings. The molecule has 3 fully saturated rings. The van der Waals surface area contributed by atoms with Gasteiger partial charge < -0.3 is 4.74 Å². The van der Waals surface area contributed by atoms with Crippen LogP contribution in [0.1, 0.15) is 69.3 Å². The van der Waals surface area contributed by atoms with Crippen LogP contribution in [-0.4, -0.2) is 28.6 Å². The Morgan fingerprint density at radius 2 is 1.79 bits per heavy atom. The molecule has 0 radical (unpaired) electrons. The summed E-state index contributed by atoms with van der Waals surface area (Å²) in [7, 11) is 1.66. The van der Waals surface area contributed by atoms with Crippen LogP contribution in [0.5, 0.6) is 5.75 Å². The third kappa shape index (κ3) is 4.31. The lowest BCUT2D eigenvalue weighted by Gasteiger charge is -2.43. The van der Waals surface area contributed by atoms with Gasteiger partial charge >= 0.3 is 0 Å². The van der Waals surface area contributed by atoms with E-state index in [0.717, 1.165) is 65.6 Å². The second kappa shape index (κ2) is 9.99. The van der Waals surface area contributed by atoms with Gasteiger partial charge in [-0.1, -0.05) is 86.8 Å². The third-order valence-corrected chi connectivity index (χ3v) is 8.91. The summed E-state index contributed by atoms with van der Waals surface area (Å²) in [5.41, 5.74) is 1.61. The van der Waals surface area contributed by atoms with Crippen LogP contribution in [0.4, 0.5) is 5.69 Å². The minimum atomic E-state index is -0.330. The van der Waals surface area contributed by atoms with Crippen LogP contribution in [0.15, 0.2) is 71.1 Å². The largest absolute Gasteiger partial charge is 0.497 e. The predicted octanol–water partition coefficient (Wildman–Crippen LogP) is 7.45. The van der Waals surface area contributed by atoms with Crippen molar-refractivity contribution in [2.24, 2.45) is 10.9 Å². The fourth-order valence-electron chi connectivity index (χ4n) is 6.07. The first-order chi connectivity index (χ1) is 16.6. The second-order valence-corrected chi connectivity index (χ2v) is 10.9. The molecule has 1 unspecified atom stereocenters. The average molecular weight is 475 g/mol. The molecule has 34 heavy (non-hydrogen) atoms. The van der Waals surface area contributed by atoms with Crippen LogP contribution in [-0.2, 0) is 4.79 Å². The lowest BCUT2D eigenvalue weighted by atomic mass is 9.77. The van der Waals surface area contributed by atoms with Crippen LogP contribution in [0.3, 0.4) is 0 Å². The number of amides is 1. The average Bonchev–Trinajstić information content (AvgIpc) is 3.48. The van der Waals surface area contributed by atoms with Crippen molar-refractivity contribution in [3.63, 3.8) is 0 Å². The topological polar surface area (TPSA) is 41.9 Å². The van der Waals surface area contributed by atoms with Crippen LogP contribution < -0.4 is 4.74 Å². The summed E-state index contributed by atoms with van der Waals surface area (Å²) in [5, 5.41) is 0.768. The zero-order valence-corrected chi connectivity index (χ0v) is 20.9. The molecule has 1 atom stereocenters. The number of ether oxygens (including phenoxy) is 1. The van der Waals surface area contributed by atoms with E-state index in [2.05, 4.69) is 35.7 Å². The van der Waals surface area contributed by atoms with Crippen LogP contribution in [0, 0.1) is 5.92 Å². The number of aliphatic imine (C=N–C) groups is 1. The summed E-state index contributed by atoms with van der Waals surface area (Å²) in [5.74, 6) is 1.21. The van der Waals surface area contributed by atoms with Gasteiger partial charge in [0.05, 0.1) is 24.3 Å². The van der Waals surface area contributed by atoms with Gasteiger partial charge in [-0.2, -0.15) is 0 Å². The number of carbonyl (C=O) groups excluding carboxylic acids is 1. The molecule has 2 aliphatic carbocycles. The molecule has 0 aromatic heterocycles. The highest BCUT2D eigenvalue weighted by molar-refractivity contribution is 8.17. The standard InChI is InChI=1S/C29H34N2O2S/c1-21-29(18-9-4-10-19-29)31(28(34-21)30-24-16-11-17-25(20-24)33-2)27(32)26(23-14-7-8-15-23)22-12-5-3-6-13-22/h3,5-6,11-13,16-17,20,23,26H,1,4,7-10,14-15,18-19H2,2H3. The summed E-state index contributed by atoms with van der Waals surface area (Å²) in [6.45, 7) is 4.48. The minimum Gasteiger partial charge on any atom is -0.497 e.